The Morgan fingerprint density at radius 1 is 1.50 bits per heavy atom. The molecule has 0 aromatic carbocycles. The molecule has 1 aliphatic heterocycles. The van der Waals surface area contributed by atoms with Gasteiger partial charge in [-0.3, -0.25) is 0 Å². The van der Waals surface area contributed by atoms with E-state index in [0.717, 1.165) is 6.54 Å². The first-order valence-electron chi connectivity index (χ1n) is 3.68. The first kappa shape index (κ1) is 12.2. The third-order valence-electron chi connectivity index (χ3n) is 1.80. The largest absolute Gasteiger partial charge is 0.312 e. The Morgan fingerprint density at radius 3 is 2.42 bits per heavy atom. The maximum absolute atomic E-state index is 11.0. The molecule has 0 amide bonds. The van der Waals surface area contributed by atoms with Gasteiger partial charge in [-0.15, -0.1) is 12.4 Å². The summed E-state index contributed by atoms with van der Waals surface area (Å²) in [5.74, 6) is 0. The van der Waals surface area contributed by atoms with Crippen LogP contribution in [0.2, 0.25) is 0 Å². The van der Waals surface area contributed by atoms with Crippen LogP contribution in [0.25, 0.3) is 0 Å². The summed E-state index contributed by atoms with van der Waals surface area (Å²) in [6.07, 6.45) is 1.26. The summed E-state index contributed by atoms with van der Waals surface area (Å²) in [5.41, 5.74) is 0. The second-order valence-corrected chi connectivity index (χ2v) is 4.96. The van der Waals surface area contributed by atoms with Crippen molar-refractivity contribution in [2.24, 2.45) is 0 Å². The smallest absolute Gasteiger partial charge is 0.211 e. The molecule has 6 heteroatoms. The summed E-state index contributed by atoms with van der Waals surface area (Å²) in [5, 5.41) is 3.18. The standard InChI is InChI=1S/C6H14N2O2S.ClH/c1-6-5-8(4-3-7-6)11(2,9)10;/h6-7H,3-5H2,1-2H3;1H/t6-;/m0./s1. The first-order valence-corrected chi connectivity index (χ1v) is 5.53. The highest BCUT2D eigenvalue weighted by Crippen LogP contribution is 2.02. The molecule has 0 radical (unpaired) electrons. The van der Waals surface area contributed by atoms with Crippen LogP contribution in [0, 0.1) is 0 Å². The lowest BCUT2D eigenvalue weighted by atomic mass is 10.3. The van der Waals surface area contributed by atoms with Crippen LogP contribution in [-0.2, 0) is 10.0 Å². The summed E-state index contributed by atoms with van der Waals surface area (Å²) >= 11 is 0. The number of halogens is 1. The maximum atomic E-state index is 11.0. The van der Waals surface area contributed by atoms with E-state index in [4.69, 9.17) is 0 Å². The van der Waals surface area contributed by atoms with Crippen molar-refractivity contribution in [1.82, 2.24) is 9.62 Å². The third-order valence-corrected chi connectivity index (χ3v) is 3.07. The van der Waals surface area contributed by atoms with Gasteiger partial charge in [0.05, 0.1) is 6.26 Å². The summed E-state index contributed by atoms with van der Waals surface area (Å²) in [6.45, 7) is 3.94. The first-order chi connectivity index (χ1) is 5.00. The Kier molecular flexibility index (Phi) is 4.47. The van der Waals surface area contributed by atoms with Crippen LogP contribution in [0.15, 0.2) is 0 Å². The van der Waals surface area contributed by atoms with Gasteiger partial charge in [0.2, 0.25) is 10.0 Å². The van der Waals surface area contributed by atoms with Gasteiger partial charge < -0.3 is 5.32 Å². The van der Waals surface area contributed by atoms with Crippen LogP contribution in [0.3, 0.4) is 0 Å². The van der Waals surface area contributed by atoms with E-state index in [1.54, 1.807) is 0 Å². The molecule has 1 fully saturated rings. The Morgan fingerprint density at radius 2 is 2.08 bits per heavy atom. The van der Waals surface area contributed by atoms with Crippen LogP contribution < -0.4 is 5.32 Å². The summed E-state index contributed by atoms with van der Waals surface area (Å²) < 4.78 is 23.6. The molecule has 0 aliphatic carbocycles. The predicted molar refractivity (Wildman–Crippen MR) is 51.1 cm³/mol. The van der Waals surface area contributed by atoms with E-state index in [1.165, 1.54) is 10.6 Å². The number of rotatable bonds is 1. The van der Waals surface area contributed by atoms with Gasteiger partial charge in [0.1, 0.15) is 0 Å². The minimum Gasteiger partial charge on any atom is -0.312 e. The fourth-order valence-corrected chi connectivity index (χ4v) is 2.12. The molecule has 0 unspecified atom stereocenters. The van der Waals surface area contributed by atoms with Crippen LogP contribution in [0.1, 0.15) is 6.92 Å². The van der Waals surface area contributed by atoms with Crippen LogP contribution in [0.4, 0.5) is 0 Å². The van der Waals surface area contributed by atoms with Gasteiger partial charge in [-0.1, -0.05) is 0 Å². The van der Waals surface area contributed by atoms with Gasteiger partial charge in [-0.05, 0) is 6.92 Å². The zero-order chi connectivity index (χ0) is 8.48. The average Bonchev–Trinajstić information content (AvgIpc) is 1.86. The van der Waals surface area contributed by atoms with Crippen molar-refractivity contribution in [2.45, 2.75) is 13.0 Å². The van der Waals surface area contributed by atoms with Gasteiger partial charge in [-0.2, -0.15) is 4.31 Å². The van der Waals surface area contributed by atoms with Gasteiger partial charge in [-0.25, -0.2) is 8.42 Å². The molecule has 0 aromatic heterocycles. The Bertz CT molecular complexity index is 230. The number of hydrogen-bond acceptors (Lipinski definition) is 3. The zero-order valence-electron chi connectivity index (χ0n) is 7.28. The topological polar surface area (TPSA) is 49.4 Å². The number of nitrogens with zero attached hydrogens (tertiary/aromatic N) is 1. The van der Waals surface area contributed by atoms with Gasteiger partial charge in [0.15, 0.2) is 0 Å². The van der Waals surface area contributed by atoms with E-state index < -0.39 is 10.0 Å². The molecular formula is C6H15ClN2O2S. The van der Waals surface area contributed by atoms with Crippen LogP contribution >= 0.6 is 12.4 Å². The molecule has 1 N–H and O–H groups in total. The van der Waals surface area contributed by atoms with Crippen molar-refractivity contribution >= 4 is 22.4 Å². The van der Waals surface area contributed by atoms with Crippen molar-refractivity contribution in [3.63, 3.8) is 0 Å². The lowest BCUT2D eigenvalue weighted by molar-refractivity contribution is 0.312. The summed E-state index contributed by atoms with van der Waals surface area (Å²) in [4.78, 5) is 0. The fourth-order valence-electron chi connectivity index (χ4n) is 1.20. The van der Waals surface area contributed by atoms with Gasteiger partial charge >= 0.3 is 0 Å². The van der Waals surface area contributed by atoms with E-state index in [2.05, 4.69) is 5.32 Å². The van der Waals surface area contributed by atoms with Crippen molar-refractivity contribution in [3.8, 4) is 0 Å². The molecular weight excluding hydrogens is 200 g/mol. The van der Waals surface area contributed by atoms with Crippen molar-refractivity contribution in [2.75, 3.05) is 25.9 Å². The van der Waals surface area contributed by atoms with E-state index in [1.807, 2.05) is 6.92 Å². The summed E-state index contributed by atoms with van der Waals surface area (Å²) in [7, 11) is -2.97. The number of nitrogens with one attached hydrogen (secondary N) is 1. The van der Waals surface area contributed by atoms with Crippen molar-refractivity contribution in [3.05, 3.63) is 0 Å². The molecule has 0 aromatic rings. The Labute approximate surface area is 79.8 Å². The number of hydrogen-bond donors (Lipinski definition) is 1. The molecule has 12 heavy (non-hydrogen) atoms. The minimum atomic E-state index is -2.97. The number of piperazine rings is 1. The molecule has 0 bridgehead atoms. The van der Waals surface area contributed by atoms with E-state index in [-0.39, 0.29) is 18.4 Å². The Hall–Kier alpha value is 0.160. The highest BCUT2D eigenvalue weighted by Gasteiger charge is 2.22. The molecule has 1 heterocycles. The molecule has 1 rings (SSSR count). The predicted octanol–water partition coefficient (Wildman–Crippen LogP) is -0.338. The molecule has 74 valence electrons. The molecule has 1 aliphatic rings. The van der Waals surface area contributed by atoms with Gasteiger partial charge in [0.25, 0.3) is 0 Å². The highest BCUT2D eigenvalue weighted by atomic mass is 35.5. The molecule has 0 saturated carbocycles. The lowest BCUT2D eigenvalue weighted by Crippen LogP contribution is -2.50. The van der Waals surface area contributed by atoms with Crippen molar-refractivity contribution < 1.29 is 8.42 Å². The fraction of sp³-hybridized carbons (Fsp3) is 1.00. The van der Waals surface area contributed by atoms with E-state index in [9.17, 15) is 8.42 Å². The average molecular weight is 215 g/mol. The molecule has 0 spiro atoms. The van der Waals surface area contributed by atoms with Gasteiger partial charge in [0, 0.05) is 25.7 Å². The number of sulfonamides is 1. The Balaban J connectivity index is 0.00000121. The zero-order valence-corrected chi connectivity index (χ0v) is 8.91. The van der Waals surface area contributed by atoms with Crippen LogP contribution in [0.5, 0.6) is 0 Å². The third kappa shape index (κ3) is 3.26. The van der Waals surface area contributed by atoms with E-state index in [0.29, 0.717) is 13.1 Å². The maximum Gasteiger partial charge on any atom is 0.211 e. The normalized spacial score (nSPS) is 26.3. The second kappa shape index (κ2) is 4.41. The highest BCUT2D eigenvalue weighted by molar-refractivity contribution is 7.88. The SMILES string of the molecule is C[C@H]1CN(S(C)(=O)=O)CCN1.Cl. The van der Waals surface area contributed by atoms with E-state index >= 15 is 0 Å². The lowest BCUT2D eigenvalue weighted by Gasteiger charge is -2.29. The molecule has 1 saturated heterocycles. The van der Waals surface area contributed by atoms with Crippen LogP contribution in [-0.4, -0.2) is 44.7 Å². The summed E-state index contributed by atoms with van der Waals surface area (Å²) in [6, 6.07) is 0.276. The monoisotopic (exact) mass is 214 g/mol. The second-order valence-electron chi connectivity index (χ2n) is 2.98. The molecule has 4 nitrogen and oxygen atoms in total. The minimum absolute atomic E-state index is 0. The molecule has 1 atom stereocenters. The quantitative estimate of drug-likeness (QED) is 0.650. The van der Waals surface area contributed by atoms with Crippen molar-refractivity contribution in [1.29, 1.82) is 0 Å².